The standard InChI is InChI=1S/C20H37N5O5/c1-17(26)4-5-18(20(28)29)25-9-3-7-22-10-11-23(14-15-25)6-2-8-24(13-12-22)16-19(27)30-21/h18H,2-16,21H2,1H3,(H,28,29). The molecule has 0 aromatic heterocycles. The van der Waals surface area contributed by atoms with Crippen molar-refractivity contribution in [2.45, 2.75) is 38.6 Å². The average molecular weight is 428 g/mol. The fraction of sp³-hybridized carbons (Fsp3) is 0.850. The third kappa shape index (κ3) is 8.65. The summed E-state index contributed by atoms with van der Waals surface area (Å²) in [5, 5.41) is 9.73. The van der Waals surface area contributed by atoms with E-state index in [1.807, 2.05) is 4.90 Å². The van der Waals surface area contributed by atoms with Gasteiger partial charge in [-0.3, -0.25) is 14.6 Å². The van der Waals surface area contributed by atoms with Crippen LogP contribution in [0, 0.1) is 0 Å². The minimum atomic E-state index is -0.847. The highest BCUT2D eigenvalue weighted by Gasteiger charge is 2.27. The molecule has 0 aromatic carbocycles. The molecule has 0 aliphatic carbocycles. The Bertz CT molecular complexity index is 576. The van der Waals surface area contributed by atoms with Crippen molar-refractivity contribution >= 4 is 17.7 Å². The molecule has 2 heterocycles. The second kappa shape index (κ2) is 13.0. The summed E-state index contributed by atoms with van der Waals surface area (Å²) in [6.07, 6.45) is 2.45. The van der Waals surface area contributed by atoms with E-state index in [1.54, 1.807) is 0 Å². The molecule has 2 bridgehead atoms. The fourth-order valence-electron chi connectivity index (χ4n) is 4.24. The van der Waals surface area contributed by atoms with Crippen molar-refractivity contribution in [3.8, 4) is 0 Å². The maximum absolute atomic E-state index is 11.9. The fourth-order valence-corrected chi connectivity index (χ4v) is 4.24. The highest BCUT2D eigenvalue weighted by atomic mass is 16.7. The molecule has 3 unspecified atom stereocenters. The normalized spacial score (nSPS) is 25.9. The van der Waals surface area contributed by atoms with Crippen molar-refractivity contribution in [1.29, 1.82) is 0 Å². The molecular formula is C20H37N5O5. The lowest BCUT2D eigenvalue weighted by Gasteiger charge is -2.37. The lowest BCUT2D eigenvalue weighted by molar-refractivity contribution is -0.146. The number of nitrogens with zero attached hydrogens (tertiary/aromatic N) is 4. The lowest BCUT2D eigenvalue weighted by Crippen LogP contribution is -2.50. The molecule has 0 spiro atoms. The number of hydrogen-bond acceptors (Lipinski definition) is 9. The Hall–Kier alpha value is -1.59. The molecule has 3 atom stereocenters. The summed E-state index contributed by atoms with van der Waals surface area (Å²) in [6.45, 7) is 9.96. The number of aliphatic carboxylic acids is 1. The number of carboxylic acid groups (broad SMARTS) is 1. The summed E-state index contributed by atoms with van der Waals surface area (Å²) in [4.78, 5) is 48.0. The van der Waals surface area contributed by atoms with Crippen LogP contribution < -0.4 is 5.90 Å². The number of carbonyl (C=O) groups excluding carboxylic acids is 2. The zero-order chi connectivity index (χ0) is 21.9. The van der Waals surface area contributed by atoms with Crippen molar-refractivity contribution in [2.75, 3.05) is 72.0 Å². The monoisotopic (exact) mass is 427 g/mol. The molecule has 30 heavy (non-hydrogen) atoms. The first-order valence-electron chi connectivity index (χ1n) is 10.9. The Morgan fingerprint density at radius 1 is 0.900 bits per heavy atom. The van der Waals surface area contributed by atoms with Gasteiger partial charge in [-0.05, 0) is 39.3 Å². The van der Waals surface area contributed by atoms with Crippen LogP contribution in [0.2, 0.25) is 0 Å². The molecule has 10 nitrogen and oxygen atoms in total. The first kappa shape index (κ1) is 24.7. The predicted molar refractivity (Wildman–Crippen MR) is 112 cm³/mol. The second-order valence-corrected chi connectivity index (χ2v) is 8.29. The molecule has 0 aromatic rings. The predicted octanol–water partition coefficient (Wildman–Crippen LogP) is -0.759. The van der Waals surface area contributed by atoms with Gasteiger partial charge in [0.1, 0.15) is 11.8 Å². The van der Waals surface area contributed by atoms with Crippen LogP contribution in [-0.2, 0) is 19.2 Å². The quantitative estimate of drug-likeness (QED) is 0.502. The first-order chi connectivity index (χ1) is 14.4. The van der Waals surface area contributed by atoms with Crippen LogP contribution in [0.15, 0.2) is 0 Å². The van der Waals surface area contributed by atoms with Crippen LogP contribution in [0.4, 0.5) is 0 Å². The largest absolute Gasteiger partial charge is 0.480 e. The summed E-state index contributed by atoms with van der Waals surface area (Å²) >= 11 is 0. The van der Waals surface area contributed by atoms with Crippen molar-refractivity contribution in [3.05, 3.63) is 0 Å². The van der Waals surface area contributed by atoms with Gasteiger partial charge in [0.25, 0.3) is 0 Å². The maximum Gasteiger partial charge on any atom is 0.338 e. The van der Waals surface area contributed by atoms with Gasteiger partial charge in [-0.15, -0.1) is 0 Å². The third-order valence-electron chi connectivity index (χ3n) is 6.02. The number of carbonyl (C=O) groups is 3. The Labute approximate surface area is 178 Å². The Morgan fingerprint density at radius 2 is 1.50 bits per heavy atom. The van der Waals surface area contributed by atoms with Gasteiger partial charge in [-0.1, -0.05) is 0 Å². The molecule has 2 fully saturated rings. The smallest absolute Gasteiger partial charge is 0.338 e. The zero-order valence-electron chi connectivity index (χ0n) is 18.1. The number of nitrogens with two attached hydrogens (primary N) is 1. The van der Waals surface area contributed by atoms with Crippen LogP contribution in [0.3, 0.4) is 0 Å². The summed E-state index contributed by atoms with van der Waals surface area (Å²) in [5.74, 6) is 3.76. The van der Waals surface area contributed by atoms with E-state index in [0.29, 0.717) is 25.9 Å². The van der Waals surface area contributed by atoms with E-state index >= 15 is 0 Å². The highest BCUT2D eigenvalue weighted by molar-refractivity contribution is 5.78. The lowest BCUT2D eigenvalue weighted by atomic mass is 10.1. The summed E-state index contributed by atoms with van der Waals surface area (Å²) in [7, 11) is 0. The van der Waals surface area contributed by atoms with Gasteiger partial charge in [0.2, 0.25) is 0 Å². The molecular weight excluding hydrogens is 390 g/mol. The topological polar surface area (TPSA) is 120 Å². The third-order valence-corrected chi connectivity index (χ3v) is 6.02. The van der Waals surface area contributed by atoms with E-state index in [1.165, 1.54) is 6.92 Å². The summed E-state index contributed by atoms with van der Waals surface area (Å²) < 4.78 is 0. The molecule has 2 saturated heterocycles. The molecule has 2 aliphatic rings. The minimum absolute atomic E-state index is 0.0281. The molecule has 2 aliphatic heterocycles. The number of ketones is 1. The van der Waals surface area contributed by atoms with Gasteiger partial charge in [0.15, 0.2) is 0 Å². The van der Waals surface area contributed by atoms with E-state index < -0.39 is 18.0 Å². The van der Waals surface area contributed by atoms with E-state index in [4.69, 9.17) is 5.90 Å². The Balaban J connectivity index is 2.03. The van der Waals surface area contributed by atoms with E-state index in [2.05, 4.69) is 19.5 Å². The molecule has 3 N–H and O–H groups in total. The maximum atomic E-state index is 11.9. The Kier molecular flexibility index (Phi) is 10.7. The van der Waals surface area contributed by atoms with Crippen LogP contribution in [-0.4, -0.2) is 120 Å². The molecule has 0 amide bonds. The van der Waals surface area contributed by atoms with Crippen molar-refractivity contribution in [2.24, 2.45) is 5.90 Å². The molecule has 10 heteroatoms. The molecule has 2 rings (SSSR count). The van der Waals surface area contributed by atoms with Crippen molar-refractivity contribution in [3.63, 3.8) is 0 Å². The van der Waals surface area contributed by atoms with Gasteiger partial charge in [0.05, 0.1) is 6.54 Å². The van der Waals surface area contributed by atoms with Gasteiger partial charge < -0.3 is 24.5 Å². The number of rotatable bonds is 7. The van der Waals surface area contributed by atoms with Gasteiger partial charge in [-0.2, -0.15) is 5.90 Å². The van der Waals surface area contributed by atoms with Crippen molar-refractivity contribution < 1.29 is 24.3 Å². The number of Topliss-reactive ketones (excluding diaryl/α,β-unsaturated/α-hetero) is 1. The first-order valence-corrected chi connectivity index (χ1v) is 10.9. The molecule has 172 valence electrons. The van der Waals surface area contributed by atoms with Gasteiger partial charge in [0, 0.05) is 58.8 Å². The Morgan fingerprint density at radius 3 is 2.10 bits per heavy atom. The minimum Gasteiger partial charge on any atom is -0.480 e. The van der Waals surface area contributed by atoms with Crippen LogP contribution >= 0.6 is 0 Å². The summed E-state index contributed by atoms with van der Waals surface area (Å²) in [5.41, 5.74) is 0. The van der Waals surface area contributed by atoms with Crippen LogP contribution in [0.25, 0.3) is 0 Å². The second-order valence-electron chi connectivity index (χ2n) is 8.29. The highest BCUT2D eigenvalue weighted by Crippen LogP contribution is 2.12. The van der Waals surface area contributed by atoms with Gasteiger partial charge >= 0.3 is 11.9 Å². The number of hydrogen-bond donors (Lipinski definition) is 2. The van der Waals surface area contributed by atoms with Crippen molar-refractivity contribution in [1.82, 2.24) is 19.6 Å². The molecule has 0 radical (unpaired) electrons. The van der Waals surface area contributed by atoms with E-state index in [9.17, 15) is 19.5 Å². The SMILES string of the molecule is CC(=O)CCC(C(=O)O)N1CCCN2CCN(CCCN(CC(=O)ON)CC2)CC1. The summed E-state index contributed by atoms with van der Waals surface area (Å²) in [6, 6.07) is -0.616. The van der Waals surface area contributed by atoms with Crippen LogP contribution in [0.5, 0.6) is 0 Å². The number of carboxylic acids is 1. The van der Waals surface area contributed by atoms with E-state index in [-0.39, 0.29) is 12.3 Å². The zero-order valence-corrected chi connectivity index (χ0v) is 18.1. The number of fused-ring (bicyclic) bond motifs is 3. The molecule has 0 saturated carbocycles. The van der Waals surface area contributed by atoms with Crippen LogP contribution in [0.1, 0.15) is 32.6 Å². The van der Waals surface area contributed by atoms with Gasteiger partial charge in [-0.25, -0.2) is 4.79 Å². The average Bonchev–Trinajstić information content (AvgIpc) is 2.71. The van der Waals surface area contributed by atoms with E-state index in [0.717, 1.165) is 65.2 Å².